The average Bonchev–Trinajstić information content (AvgIpc) is 3.08. The van der Waals surface area contributed by atoms with Crippen LogP contribution in [0.3, 0.4) is 0 Å². The summed E-state index contributed by atoms with van der Waals surface area (Å²) >= 11 is 5.87. The lowest BCUT2D eigenvalue weighted by atomic mass is 10.2. The summed E-state index contributed by atoms with van der Waals surface area (Å²) in [6, 6.07) is 3.80. The normalized spacial score (nSPS) is 15.4. The number of hydrogen-bond donors (Lipinski definition) is 1. The molecule has 0 saturated heterocycles. The predicted octanol–water partition coefficient (Wildman–Crippen LogP) is 2.41. The zero-order valence-electron chi connectivity index (χ0n) is 9.32. The molecular formula is C11H11Cl2NO3S. The van der Waals surface area contributed by atoms with Crippen molar-refractivity contribution in [2.75, 3.05) is 6.54 Å². The summed E-state index contributed by atoms with van der Waals surface area (Å²) in [5.74, 6) is 0.154. The Bertz CT molecular complexity index is 582. The lowest BCUT2D eigenvalue weighted by Crippen LogP contribution is -2.25. The SMILES string of the molecule is O=C(NCC1CC1)c1cc(S(=O)(=O)Cl)ccc1Cl. The van der Waals surface area contributed by atoms with Crippen LogP contribution in [0, 0.1) is 5.92 Å². The summed E-state index contributed by atoms with van der Waals surface area (Å²) in [6.07, 6.45) is 2.23. The number of rotatable bonds is 4. The molecule has 1 N–H and O–H groups in total. The van der Waals surface area contributed by atoms with Gasteiger partial charge in [-0.3, -0.25) is 4.79 Å². The van der Waals surface area contributed by atoms with Gasteiger partial charge in [-0.1, -0.05) is 11.6 Å². The summed E-state index contributed by atoms with van der Waals surface area (Å²) in [5, 5.41) is 2.92. The van der Waals surface area contributed by atoms with Gasteiger partial charge in [-0.2, -0.15) is 0 Å². The standard InChI is InChI=1S/C11H11Cl2NO3S/c12-10-4-3-8(18(13,16)17)5-9(10)11(15)14-6-7-1-2-7/h3-5,7H,1-2,6H2,(H,14,15). The Labute approximate surface area is 115 Å². The smallest absolute Gasteiger partial charge is 0.261 e. The second kappa shape index (κ2) is 5.07. The molecule has 1 fully saturated rings. The molecule has 18 heavy (non-hydrogen) atoms. The molecule has 1 aromatic rings. The zero-order valence-corrected chi connectivity index (χ0v) is 11.6. The van der Waals surface area contributed by atoms with Gasteiger partial charge in [0.1, 0.15) is 0 Å². The van der Waals surface area contributed by atoms with E-state index in [1.807, 2.05) is 0 Å². The van der Waals surface area contributed by atoms with Gasteiger partial charge in [-0.15, -0.1) is 0 Å². The fraction of sp³-hybridized carbons (Fsp3) is 0.364. The maximum atomic E-state index is 11.8. The van der Waals surface area contributed by atoms with E-state index in [1.54, 1.807) is 0 Å². The lowest BCUT2D eigenvalue weighted by Gasteiger charge is -2.07. The molecule has 0 radical (unpaired) electrons. The molecule has 0 aromatic heterocycles. The van der Waals surface area contributed by atoms with Crippen LogP contribution in [0.5, 0.6) is 0 Å². The van der Waals surface area contributed by atoms with Crippen molar-refractivity contribution in [3.63, 3.8) is 0 Å². The quantitative estimate of drug-likeness (QED) is 0.869. The molecule has 0 atom stereocenters. The van der Waals surface area contributed by atoms with Crippen LogP contribution in [-0.2, 0) is 9.05 Å². The number of hydrogen-bond acceptors (Lipinski definition) is 3. The van der Waals surface area contributed by atoms with Gasteiger partial charge in [0.2, 0.25) is 0 Å². The van der Waals surface area contributed by atoms with Gasteiger partial charge in [-0.05, 0) is 37.0 Å². The molecule has 0 bridgehead atoms. The van der Waals surface area contributed by atoms with Crippen LogP contribution in [0.2, 0.25) is 5.02 Å². The van der Waals surface area contributed by atoms with Gasteiger partial charge < -0.3 is 5.32 Å². The topological polar surface area (TPSA) is 63.2 Å². The van der Waals surface area contributed by atoms with E-state index in [-0.39, 0.29) is 21.4 Å². The number of carbonyl (C=O) groups excluding carboxylic acids is 1. The monoisotopic (exact) mass is 307 g/mol. The molecular weight excluding hydrogens is 297 g/mol. The molecule has 98 valence electrons. The summed E-state index contributed by atoms with van der Waals surface area (Å²) < 4.78 is 22.4. The first kappa shape index (κ1) is 13.6. The van der Waals surface area contributed by atoms with Gasteiger partial charge in [0, 0.05) is 17.2 Å². The fourth-order valence-corrected chi connectivity index (χ4v) is 2.46. The summed E-state index contributed by atoms with van der Waals surface area (Å²) in [4.78, 5) is 11.7. The Kier molecular flexibility index (Phi) is 3.84. The highest BCUT2D eigenvalue weighted by Gasteiger charge is 2.23. The minimum Gasteiger partial charge on any atom is -0.352 e. The van der Waals surface area contributed by atoms with Gasteiger partial charge >= 0.3 is 0 Å². The second-order valence-electron chi connectivity index (χ2n) is 4.23. The minimum absolute atomic E-state index is 0.124. The molecule has 2 rings (SSSR count). The van der Waals surface area contributed by atoms with E-state index in [9.17, 15) is 13.2 Å². The van der Waals surface area contributed by atoms with Crippen LogP contribution in [0.1, 0.15) is 23.2 Å². The van der Waals surface area contributed by atoms with Crippen molar-refractivity contribution < 1.29 is 13.2 Å². The van der Waals surface area contributed by atoms with E-state index < -0.39 is 9.05 Å². The highest BCUT2D eigenvalue weighted by molar-refractivity contribution is 8.13. The van der Waals surface area contributed by atoms with Crippen molar-refractivity contribution in [1.29, 1.82) is 0 Å². The third kappa shape index (κ3) is 3.37. The molecule has 0 heterocycles. The Balaban J connectivity index is 2.22. The summed E-state index contributed by atoms with van der Waals surface area (Å²) in [6.45, 7) is 0.590. The van der Waals surface area contributed by atoms with Crippen molar-refractivity contribution in [2.45, 2.75) is 17.7 Å². The van der Waals surface area contributed by atoms with E-state index in [2.05, 4.69) is 5.32 Å². The van der Waals surface area contributed by atoms with E-state index in [0.29, 0.717) is 12.5 Å². The van der Waals surface area contributed by atoms with Gasteiger partial charge in [0.15, 0.2) is 0 Å². The first-order chi connectivity index (χ1) is 8.38. The average molecular weight is 308 g/mol. The Morgan fingerprint density at radius 2 is 2.06 bits per heavy atom. The van der Waals surface area contributed by atoms with E-state index in [1.165, 1.54) is 18.2 Å². The van der Waals surface area contributed by atoms with Crippen molar-refractivity contribution in [2.24, 2.45) is 5.92 Å². The number of carbonyl (C=O) groups is 1. The molecule has 4 nitrogen and oxygen atoms in total. The molecule has 1 amide bonds. The maximum absolute atomic E-state index is 11.8. The fourth-order valence-electron chi connectivity index (χ4n) is 1.48. The van der Waals surface area contributed by atoms with Crippen LogP contribution < -0.4 is 5.32 Å². The number of halogens is 2. The first-order valence-corrected chi connectivity index (χ1v) is 8.09. The predicted molar refractivity (Wildman–Crippen MR) is 69.5 cm³/mol. The highest BCUT2D eigenvalue weighted by Crippen LogP contribution is 2.28. The summed E-state index contributed by atoms with van der Waals surface area (Å²) in [7, 11) is 1.36. The molecule has 0 spiro atoms. The maximum Gasteiger partial charge on any atom is 0.261 e. The van der Waals surface area contributed by atoms with E-state index in [0.717, 1.165) is 12.8 Å². The van der Waals surface area contributed by atoms with Crippen LogP contribution in [0.15, 0.2) is 23.1 Å². The summed E-state index contributed by atoms with van der Waals surface area (Å²) in [5.41, 5.74) is 0.124. The minimum atomic E-state index is -3.86. The highest BCUT2D eigenvalue weighted by atomic mass is 35.7. The zero-order chi connectivity index (χ0) is 13.3. The molecule has 0 aliphatic heterocycles. The van der Waals surface area contributed by atoms with E-state index >= 15 is 0 Å². The molecule has 1 aliphatic rings. The molecule has 7 heteroatoms. The van der Waals surface area contributed by atoms with Gasteiger partial charge in [0.25, 0.3) is 15.0 Å². The Hall–Kier alpha value is -0.780. The van der Waals surface area contributed by atoms with Crippen molar-refractivity contribution >= 4 is 37.2 Å². The van der Waals surface area contributed by atoms with Crippen molar-refractivity contribution in [3.8, 4) is 0 Å². The molecule has 1 saturated carbocycles. The van der Waals surface area contributed by atoms with Crippen LogP contribution >= 0.6 is 22.3 Å². The first-order valence-electron chi connectivity index (χ1n) is 5.40. The number of benzene rings is 1. The third-order valence-electron chi connectivity index (χ3n) is 2.71. The van der Waals surface area contributed by atoms with Crippen LogP contribution in [0.25, 0.3) is 0 Å². The van der Waals surface area contributed by atoms with Crippen molar-refractivity contribution in [3.05, 3.63) is 28.8 Å². The Morgan fingerprint density at radius 1 is 1.39 bits per heavy atom. The van der Waals surface area contributed by atoms with Crippen LogP contribution in [0.4, 0.5) is 0 Å². The van der Waals surface area contributed by atoms with Crippen molar-refractivity contribution in [1.82, 2.24) is 5.32 Å². The van der Waals surface area contributed by atoms with Gasteiger partial charge in [0.05, 0.1) is 15.5 Å². The van der Waals surface area contributed by atoms with Crippen LogP contribution in [-0.4, -0.2) is 20.9 Å². The van der Waals surface area contributed by atoms with E-state index in [4.69, 9.17) is 22.3 Å². The number of amides is 1. The third-order valence-corrected chi connectivity index (χ3v) is 4.39. The van der Waals surface area contributed by atoms with Gasteiger partial charge in [-0.25, -0.2) is 8.42 Å². The lowest BCUT2D eigenvalue weighted by molar-refractivity contribution is 0.0951. The molecule has 1 aromatic carbocycles. The molecule has 1 aliphatic carbocycles. The Morgan fingerprint density at radius 3 is 2.61 bits per heavy atom. The largest absolute Gasteiger partial charge is 0.352 e. The number of nitrogens with one attached hydrogen (secondary N) is 1. The second-order valence-corrected chi connectivity index (χ2v) is 7.21. The molecule has 0 unspecified atom stereocenters.